The van der Waals surface area contributed by atoms with Crippen LogP contribution in [0.2, 0.25) is 0 Å². The maximum atomic E-state index is 12.0. The highest BCUT2D eigenvalue weighted by Gasteiger charge is 2.46. The van der Waals surface area contributed by atoms with Gasteiger partial charge in [0.15, 0.2) is 0 Å². The molecule has 2 unspecified atom stereocenters. The van der Waals surface area contributed by atoms with Gasteiger partial charge in [0.2, 0.25) is 5.91 Å². The van der Waals surface area contributed by atoms with Crippen molar-refractivity contribution in [1.29, 1.82) is 0 Å². The normalized spacial score (nSPS) is 24.0. The molecule has 0 bridgehead atoms. The van der Waals surface area contributed by atoms with Gasteiger partial charge in [-0.15, -0.1) is 11.3 Å². The predicted molar refractivity (Wildman–Crippen MR) is 69.5 cm³/mol. The number of amides is 1. The molecule has 1 aliphatic heterocycles. The summed E-state index contributed by atoms with van der Waals surface area (Å²) in [5.41, 5.74) is 1.07. The van der Waals surface area contributed by atoms with Crippen LogP contribution in [0.5, 0.6) is 0 Å². The van der Waals surface area contributed by atoms with Gasteiger partial charge >= 0.3 is 5.97 Å². The van der Waals surface area contributed by atoms with Crippen molar-refractivity contribution in [3.8, 4) is 0 Å². The minimum Gasteiger partial charge on any atom is -0.481 e. The number of carboxylic acid groups (broad SMARTS) is 1. The minimum absolute atomic E-state index is 0.0216. The zero-order valence-corrected chi connectivity index (χ0v) is 11.5. The molecule has 1 N–H and O–H groups in total. The van der Waals surface area contributed by atoms with Crippen molar-refractivity contribution >= 4 is 23.2 Å². The Kier molecular flexibility index (Phi) is 3.43. The molecule has 18 heavy (non-hydrogen) atoms. The number of nitrogens with zero attached hydrogens (tertiary/aromatic N) is 1. The lowest BCUT2D eigenvalue weighted by atomic mass is 9.97. The number of carbonyl (C=O) groups excluding carboxylic acids is 1. The lowest BCUT2D eigenvalue weighted by molar-refractivity contribution is -0.142. The van der Waals surface area contributed by atoms with Crippen molar-refractivity contribution < 1.29 is 14.7 Å². The Balaban J connectivity index is 2.46. The lowest BCUT2D eigenvalue weighted by Gasteiger charge is -2.30. The van der Waals surface area contributed by atoms with Crippen LogP contribution in [0.25, 0.3) is 0 Å². The number of carboxylic acids is 1. The highest BCUT2D eigenvalue weighted by Crippen LogP contribution is 2.42. The summed E-state index contributed by atoms with van der Waals surface area (Å²) >= 11 is 1.53. The first-order valence-corrected chi connectivity index (χ1v) is 6.89. The van der Waals surface area contributed by atoms with Gasteiger partial charge in [-0.2, -0.15) is 0 Å². The fourth-order valence-corrected chi connectivity index (χ4v) is 3.67. The van der Waals surface area contributed by atoms with Crippen LogP contribution in [0, 0.1) is 12.8 Å². The fraction of sp³-hybridized carbons (Fsp3) is 0.538. The van der Waals surface area contributed by atoms with Crippen molar-refractivity contribution in [2.24, 2.45) is 5.92 Å². The maximum Gasteiger partial charge on any atom is 0.309 e. The van der Waals surface area contributed by atoms with Gasteiger partial charge in [-0.1, -0.05) is 0 Å². The first kappa shape index (κ1) is 13.1. The van der Waals surface area contributed by atoms with E-state index in [0.29, 0.717) is 0 Å². The molecular formula is C13H17NO3S. The van der Waals surface area contributed by atoms with Crippen LogP contribution in [0.1, 0.15) is 36.8 Å². The number of aliphatic carboxylic acids is 1. The number of hydrogen-bond donors (Lipinski definition) is 1. The summed E-state index contributed by atoms with van der Waals surface area (Å²) in [4.78, 5) is 26.1. The van der Waals surface area contributed by atoms with Crippen molar-refractivity contribution in [3.63, 3.8) is 0 Å². The molecule has 0 spiro atoms. The van der Waals surface area contributed by atoms with E-state index < -0.39 is 11.9 Å². The van der Waals surface area contributed by atoms with Gasteiger partial charge in [-0.25, -0.2) is 0 Å². The average Bonchev–Trinajstić information content (AvgIpc) is 2.81. The Hall–Kier alpha value is -1.36. The zero-order chi connectivity index (χ0) is 13.4. The van der Waals surface area contributed by atoms with Crippen molar-refractivity contribution in [2.75, 3.05) is 0 Å². The molecule has 2 rings (SSSR count). The summed E-state index contributed by atoms with van der Waals surface area (Å²) in [7, 11) is 0. The highest BCUT2D eigenvalue weighted by molar-refractivity contribution is 7.10. The average molecular weight is 267 g/mol. The predicted octanol–water partition coefficient (Wildman–Crippen LogP) is 2.44. The van der Waals surface area contributed by atoms with Crippen LogP contribution in [-0.2, 0) is 9.59 Å². The maximum absolute atomic E-state index is 12.0. The second kappa shape index (κ2) is 4.72. The first-order chi connectivity index (χ1) is 8.43. The standard InChI is InChI=1S/C13H17NO3S/c1-7(2)14-10(15)6-9(13(16)17)11(14)12-8(3)4-5-18-12/h4-5,7,9,11H,6H2,1-3H3,(H,16,17). The molecule has 1 aliphatic rings. The van der Waals surface area contributed by atoms with Crippen LogP contribution in [0.4, 0.5) is 0 Å². The number of aryl methyl sites for hydroxylation is 1. The number of rotatable bonds is 3. The lowest BCUT2D eigenvalue weighted by Crippen LogP contribution is -2.35. The summed E-state index contributed by atoms with van der Waals surface area (Å²) in [6.07, 6.45) is 0.107. The molecule has 5 heteroatoms. The van der Waals surface area contributed by atoms with Gasteiger partial charge in [0.05, 0.1) is 12.0 Å². The van der Waals surface area contributed by atoms with E-state index in [9.17, 15) is 14.7 Å². The van der Waals surface area contributed by atoms with E-state index in [2.05, 4.69) is 0 Å². The molecular weight excluding hydrogens is 250 g/mol. The third-order valence-corrected chi connectivity index (χ3v) is 4.50. The molecule has 1 amide bonds. The van der Waals surface area contributed by atoms with Crippen molar-refractivity contribution in [1.82, 2.24) is 4.90 Å². The molecule has 1 fully saturated rings. The zero-order valence-electron chi connectivity index (χ0n) is 10.7. The Labute approximate surface area is 110 Å². The molecule has 1 saturated heterocycles. The largest absolute Gasteiger partial charge is 0.481 e. The molecule has 0 aliphatic carbocycles. The summed E-state index contributed by atoms with van der Waals surface area (Å²) in [5, 5.41) is 11.3. The molecule has 1 aromatic heterocycles. The van der Waals surface area contributed by atoms with Gasteiger partial charge < -0.3 is 10.0 Å². The summed E-state index contributed by atoms with van der Waals surface area (Å²) in [6, 6.07) is 1.68. The number of likely N-dealkylation sites (tertiary alicyclic amines) is 1. The van der Waals surface area contributed by atoms with Gasteiger partial charge in [0.1, 0.15) is 0 Å². The molecule has 2 heterocycles. The van der Waals surface area contributed by atoms with E-state index in [4.69, 9.17) is 0 Å². The first-order valence-electron chi connectivity index (χ1n) is 6.01. The van der Waals surface area contributed by atoms with E-state index in [1.165, 1.54) is 11.3 Å². The summed E-state index contributed by atoms with van der Waals surface area (Å²) in [6.45, 7) is 5.82. The smallest absolute Gasteiger partial charge is 0.309 e. The highest BCUT2D eigenvalue weighted by atomic mass is 32.1. The summed E-state index contributed by atoms with van der Waals surface area (Å²) in [5.74, 6) is -1.57. The van der Waals surface area contributed by atoms with E-state index in [0.717, 1.165) is 10.4 Å². The van der Waals surface area contributed by atoms with E-state index >= 15 is 0 Å². The van der Waals surface area contributed by atoms with Crippen molar-refractivity contribution in [3.05, 3.63) is 21.9 Å². The van der Waals surface area contributed by atoms with Crippen LogP contribution in [0.15, 0.2) is 11.4 Å². The summed E-state index contributed by atoms with van der Waals surface area (Å²) < 4.78 is 0. The van der Waals surface area contributed by atoms with Gasteiger partial charge in [-0.05, 0) is 37.8 Å². The quantitative estimate of drug-likeness (QED) is 0.915. The Morgan fingerprint density at radius 3 is 2.67 bits per heavy atom. The Morgan fingerprint density at radius 2 is 2.22 bits per heavy atom. The monoisotopic (exact) mass is 267 g/mol. The van der Waals surface area contributed by atoms with Gasteiger partial charge in [0.25, 0.3) is 0 Å². The van der Waals surface area contributed by atoms with Gasteiger partial charge in [0, 0.05) is 17.3 Å². The second-order valence-electron chi connectivity index (χ2n) is 4.96. The fourth-order valence-electron chi connectivity index (χ4n) is 2.58. The van der Waals surface area contributed by atoms with Crippen LogP contribution >= 0.6 is 11.3 Å². The second-order valence-corrected chi connectivity index (χ2v) is 5.90. The topological polar surface area (TPSA) is 57.6 Å². The molecule has 1 aromatic rings. The van der Waals surface area contributed by atoms with Crippen LogP contribution < -0.4 is 0 Å². The molecule has 98 valence electrons. The molecule has 4 nitrogen and oxygen atoms in total. The Morgan fingerprint density at radius 1 is 1.56 bits per heavy atom. The number of thiophene rings is 1. The third-order valence-electron chi connectivity index (χ3n) is 3.41. The molecule has 0 radical (unpaired) electrons. The number of hydrogen-bond acceptors (Lipinski definition) is 3. The molecule has 0 aromatic carbocycles. The third kappa shape index (κ3) is 2.03. The van der Waals surface area contributed by atoms with Crippen LogP contribution in [-0.4, -0.2) is 27.9 Å². The number of carbonyl (C=O) groups is 2. The van der Waals surface area contributed by atoms with Crippen molar-refractivity contribution in [2.45, 2.75) is 39.3 Å². The van der Waals surface area contributed by atoms with Crippen LogP contribution in [0.3, 0.4) is 0 Å². The molecule has 2 atom stereocenters. The van der Waals surface area contributed by atoms with Gasteiger partial charge in [-0.3, -0.25) is 9.59 Å². The van der Waals surface area contributed by atoms with E-state index in [1.54, 1.807) is 4.90 Å². The SMILES string of the molecule is Cc1ccsc1C1C(C(=O)O)CC(=O)N1C(C)C. The minimum atomic E-state index is -0.885. The molecule has 0 saturated carbocycles. The Bertz CT molecular complexity index is 480. The van der Waals surface area contributed by atoms with E-state index in [-0.39, 0.29) is 24.4 Å². The van der Waals surface area contributed by atoms with E-state index in [1.807, 2.05) is 32.2 Å².